The van der Waals surface area contributed by atoms with E-state index >= 15 is 0 Å². The Morgan fingerprint density at radius 3 is 2.07 bits per heavy atom. The first-order chi connectivity index (χ1) is 14.1. The summed E-state index contributed by atoms with van der Waals surface area (Å²) in [5, 5.41) is 2.86. The summed E-state index contributed by atoms with van der Waals surface area (Å²) in [6.45, 7) is 2.72. The highest BCUT2D eigenvalue weighted by Gasteiger charge is 2.35. The van der Waals surface area contributed by atoms with Gasteiger partial charge in [-0.25, -0.2) is 4.79 Å². The van der Waals surface area contributed by atoms with Crippen molar-refractivity contribution in [2.45, 2.75) is 13.0 Å². The number of urea groups is 1. The van der Waals surface area contributed by atoms with Gasteiger partial charge < -0.3 is 15.1 Å². The fraction of sp³-hybridized carbons (Fsp3) is 0.167. The summed E-state index contributed by atoms with van der Waals surface area (Å²) in [5.74, 6) is -0.0769. The molecule has 0 aromatic heterocycles. The summed E-state index contributed by atoms with van der Waals surface area (Å²) < 4.78 is 0. The van der Waals surface area contributed by atoms with E-state index in [1.165, 1.54) is 0 Å². The number of piperazine rings is 1. The number of carbonyl (C=O) groups is 2. The van der Waals surface area contributed by atoms with Crippen LogP contribution in [-0.2, 0) is 4.79 Å². The van der Waals surface area contributed by atoms with Crippen LogP contribution in [0.25, 0.3) is 11.1 Å². The molecule has 3 amide bonds. The van der Waals surface area contributed by atoms with Crippen molar-refractivity contribution in [2.24, 2.45) is 0 Å². The minimum atomic E-state index is -0.527. The van der Waals surface area contributed by atoms with Gasteiger partial charge in [-0.2, -0.15) is 0 Å². The van der Waals surface area contributed by atoms with E-state index < -0.39 is 6.04 Å². The lowest BCUT2D eigenvalue weighted by Gasteiger charge is -2.39. The third-order valence-corrected chi connectivity index (χ3v) is 5.23. The fourth-order valence-electron chi connectivity index (χ4n) is 3.59. The van der Waals surface area contributed by atoms with Crippen LogP contribution in [0.4, 0.5) is 16.2 Å². The average molecular weight is 385 g/mol. The summed E-state index contributed by atoms with van der Waals surface area (Å²) in [7, 11) is 0. The number of amides is 3. The minimum absolute atomic E-state index is 0.0769. The average Bonchev–Trinajstić information content (AvgIpc) is 2.77. The number of rotatable bonds is 3. The van der Waals surface area contributed by atoms with Gasteiger partial charge in [0.1, 0.15) is 6.04 Å². The molecular weight excluding hydrogens is 362 g/mol. The van der Waals surface area contributed by atoms with Crippen molar-refractivity contribution in [3.05, 3.63) is 84.9 Å². The number of anilines is 2. The molecule has 1 aliphatic rings. The van der Waals surface area contributed by atoms with Crippen LogP contribution >= 0.6 is 0 Å². The minimum Gasteiger partial charge on any atom is -0.311 e. The molecule has 29 heavy (non-hydrogen) atoms. The molecule has 1 N–H and O–H groups in total. The Labute approximate surface area is 170 Å². The third-order valence-electron chi connectivity index (χ3n) is 5.23. The topological polar surface area (TPSA) is 52.7 Å². The van der Waals surface area contributed by atoms with Crippen LogP contribution < -0.4 is 10.2 Å². The largest absolute Gasteiger partial charge is 0.322 e. The first-order valence-electron chi connectivity index (χ1n) is 9.73. The van der Waals surface area contributed by atoms with Gasteiger partial charge in [0.25, 0.3) is 0 Å². The van der Waals surface area contributed by atoms with Crippen LogP contribution in [0.1, 0.15) is 6.92 Å². The van der Waals surface area contributed by atoms with E-state index in [2.05, 4.69) is 17.4 Å². The van der Waals surface area contributed by atoms with Gasteiger partial charge in [-0.15, -0.1) is 0 Å². The fourth-order valence-corrected chi connectivity index (χ4v) is 3.59. The van der Waals surface area contributed by atoms with E-state index in [0.29, 0.717) is 13.1 Å². The van der Waals surface area contributed by atoms with Crippen molar-refractivity contribution in [1.82, 2.24) is 4.90 Å². The Hall–Kier alpha value is -3.60. The van der Waals surface area contributed by atoms with Crippen molar-refractivity contribution in [3.8, 4) is 11.1 Å². The van der Waals surface area contributed by atoms with Crippen LogP contribution in [-0.4, -0.2) is 36.0 Å². The molecule has 5 heteroatoms. The molecule has 1 atom stereocenters. The Balaban J connectivity index is 1.45. The van der Waals surface area contributed by atoms with Crippen molar-refractivity contribution in [2.75, 3.05) is 23.3 Å². The standard InChI is InChI=1S/C24H23N3O2/c1-18-23(28)27(17-16-26(18)24(29)25-21-10-6-3-7-11-21)22-14-12-20(13-15-22)19-8-4-2-5-9-19/h2-15,18H,16-17H2,1H3,(H,25,29). The van der Waals surface area contributed by atoms with Gasteiger partial charge in [0.15, 0.2) is 0 Å². The Morgan fingerprint density at radius 1 is 0.828 bits per heavy atom. The molecule has 1 saturated heterocycles. The summed E-state index contributed by atoms with van der Waals surface area (Å²) in [4.78, 5) is 28.9. The predicted molar refractivity (Wildman–Crippen MR) is 116 cm³/mol. The summed E-state index contributed by atoms with van der Waals surface area (Å²) in [5.41, 5.74) is 3.82. The highest BCUT2D eigenvalue weighted by Crippen LogP contribution is 2.25. The number of nitrogens with zero attached hydrogens (tertiary/aromatic N) is 2. The number of carbonyl (C=O) groups excluding carboxylic acids is 2. The summed E-state index contributed by atoms with van der Waals surface area (Å²) >= 11 is 0. The molecule has 0 bridgehead atoms. The van der Waals surface area contributed by atoms with Gasteiger partial charge in [-0.1, -0.05) is 60.7 Å². The maximum Gasteiger partial charge on any atom is 0.322 e. The van der Waals surface area contributed by atoms with Gasteiger partial charge in [-0.3, -0.25) is 4.79 Å². The Bertz CT molecular complexity index is 988. The van der Waals surface area contributed by atoms with E-state index in [0.717, 1.165) is 22.5 Å². The second-order valence-electron chi connectivity index (χ2n) is 7.07. The second-order valence-corrected chi connectivity index (χ2v) is 7.07. The Morgan fingerprint density at radius 2 is 1.41 bits per heavy atom. The summed E-state index contributed by atoms with van der Waals surface area (Å²) in [6, 6.07) is 26.6. The molecule has 3 aromatic carbocycles. The normalized spacial score (nSPS) is 16.6. The molecule has 4 rings (SSSR count). The highest BCUT2D eigenvalue weighted by atomic mass is 16.2. The van der Waals surface area contributed by atoms with Gasteiger partial charge in [0.2, 0.25) is 5.91 Å². The van der Waals surface area contributed by atoms with E-state index in [1.807, 2.05) is 72.8 Å². The molecule has 1 fully saturated rings. The lowest BCUT2D eigenvalue weighted by molar-refractivity contribution is -0.123. The monoisotopic (exact) mass is 385 g/mol. The van der Waals surface area contributed by atoms with Crippen molar-refractivity contribution in [3.63, 3.8) is 0 Å². The predicted octanol–water partition coefficient (Wildman–Crippen LogP) is 4.62. The first-order valence-corrected chi connectivity index (χ1v) is 9.73. The highest BCUT2D eigenvalue weighted by molar-refractivity contribution is 6.02. The first kappa shape index (κ1) is 18.7. The zero-order valence-electron chi connectivity index (χ0n) is 16.3. The van der Waals surface area contributed by atoms with Crippen molar-refractivity contribution in [1.29, 1.82) is 0 Å². The van der Waals surface area contributed by atoms with Crippen LogP contribution in [0.2, 0.25) is 0 Å². The van der Waals surface area contributed by atoms with E-state index in [9.17, 15) is 9.59 Å². The zero-order chi connectivity index (χ0) is 20.2. The number of hydrogen-bond donors (Lipinski definition) is 1. The SMILES string of the molecule is CC1C(=O)N(c2ccc(-c3ccccc3)cc2)CCN1C(=O)Nc1ccccc1. The van der Waals surface area contributed by atoms with Crippen LogP contribution in [0.5, 0.6) is 0 Å². The molecule has 146 valence electrons. The Kier molecular flexibility index (Phi) is 5.29. The molecule has 0 saturated carbocycles. The maximum atomic E-state index is 13.0. The van der Waals surface area contributed by atoms with Crippen molar-refractivity contribution >= 4 is 23.3 Å². The molecule has 0 spiro atoms. The van der Waals surface area contributed by atoms with Crippen molar-refractivity contribution < 1.29 is 9.59 Å². The van der Waals surface area contributed by atoms with Gasteiger partial charge in [-0.05, 0) is 42.3 Å². The molecular formula is C24H23N3O2. The van der Waals surface area contributed by atoms with E-state index in [1.54, 1.807) is 16.7 Å². The smallest absolute Gasteiger partial charge is 0.311 e. The number of para-hydroxylation sites is 1. The van der Waals surface area contributed by atoms with Gasteiger partial charge >= 0.3 is 6.03 Å². The van der Waals surface area contributed by atoms with Gasteiger partial charge in [0.05, 0.1) is 0 Å². The van der Waals surface area contributed by atoms with E-state index in [-0.39, 0.29) is 11.9 Å². The maximum absolute atomic E-state index is 13.0. The van der Waals surface area contributed by atoms with Crippen LogP contribution in [0, 0.1) is 0 Å². The molecule has 1 aliphatic heterocycles. The third kappa shape index (κ3) is 3.99. The number of benzene rings is 3. The molecule has 1 unspecified atom stereocenters. The van der Waals surface area contributed by atoms with Crippen LogP contribution in [0.3, 0.4) is 0 Å². The quantitative estimate of drug-likeness (QED) is 0.715. The van der Waals surface area contributed by atoms with Gasteiger partial charge in [0, 0.05) is 24.5 Å². The summed E-state index contributed by atoms with van der Waals surface area (Å²) in [6.07, 6.45) is 0. The number of hydrogen-bond acceptors (Lipinski definition) is 2. The van der Waals surface area contributed by atoms with E-state index in [4.69, 9.17) is 0 Å². The molecule has 5 nitrogen and oxygen atoms in total. The van der Waals surface area contributed by atoms with Crippen LogP contribution in [0.15, 0.2) is 84.9 Å². The lowest BCUT2D eigenvalue weighted by atomic mass is 10.0. The number of nitrogens with one attached hydrogen (secondary N) is 1. The zero-order valence-corrected chi connectivity index (χ0v) is 16.3. The molecule has 0 aliphatic carbocycles. The lowest BCUT2D eigenvalue weighted by Crippen LogP contribution is -2.58. The molecule has 1 heterocycles. The second kappa shape index (κ2) is 8.19. The molecule has 0 radical (unpaired) electrons. The molecule has 3 aromatic rings.